The zero-order valence-electron chi connectivity index (χ0n) is 12.8. The van der Waals surface area contributed by atoms with Crippen molar-refractivity contribution in [2.24, 2.45) is 0 Å². The number of carbonyl (C=O) groups excluding carboxylic acids is 2. The van der Waals surface area contributed by atoms with Crippen molar-refractivity contribution in [2.45, 2.75) is 6.54 Å². The number of carbonyl (C=O) groups is 2. The first-order chi connectivity index (χ1) is 10.4. The monoisotopic (exact) mass is 307 g/mol. The lowest BCUT2D eigenvalue weighted by atomic mass is 10.1. The van der Waals surface area contributed by atoms with E-state index in [9.17, 15) is 19.8 Å². The van der Waals surface area contributed by atoms with Crippen LogP contribution in [0.15, 0.2) is 18.2 Å². The van der Waals surface area contributed by atoms with Gasteiger partial charge in [0.1, 0.15) is 0 Å². The Bertz CT molecular complexity index is 574. The highest BCUT2D eigenvalue weighted by Crippen LogP contribution is 2.25. The average molecular weight is 307 g/mol. The predicted octanol–water partition coefficient (Wildman–Crippen LogP) is -0.170. The van der Waals surface area contributed by atoms with Gasteiger partial charge < -0.3 is 24.9 Å². The van der Waals surface area contributed by atoms with Gasteiger partial charge in [-0.25, -0.2) is 0 Å². The third-order valence-corrected chi connectivity index (χ3v) is 3.54. The molecule has 1 fully saturated rings. The molecule has 1 aromatic rings. The minimum atomic E-state index is -0.204. The van der Waals surface area contributed by atoms with E-state index in [2.05, 4.69) is 0 Å². The molecule has 0 radical (unpaired) electrons. The second-order valence-electron chi connectivity index (χ2n) is 5.69. The molecule has 0 bridgehead atoms. The van der Waals surface area contributed by atoms with E-state index in [1.807, 2.05) is 14.1 Å². The molecule has 0 spiro atoms. The molecule has 22 heavy (non-hydrogen) atoms. The van der Waals surface area contributed by atoms with Crippen molar-refractivity contribution in [3.8, 4) is 11.5 Å². The Kier molecular flexibility index (Phi) is 4.87. The number of phenolic OH excluding ortho intramolecular Hbond substituents is 2. The minimum Gasteiger partial charge on any atom is -0.504 e. The summed E-state index contributed by atoms with van der Waals surface area (Å²) in [7, 11) is 3.63. The number of nitrogens with zero attached hydrogens (tertiary/aromatic N) is 3. The number of rotatable bonds is 4. The number of piperazine rings is 1. The van der Waals surface area contributed by atoms with Gasteiger partial charge in [0.2, 0.25) is 11.8 Å². The molecule has 1 saturated heterocycles. The zero-order chi connectivity index (χ0) is 16.3. The Morgan fingerprint density at radius 1 is 1.23 bits per heavy atom. The lowest BCUT2D eigenvalue weighted by Crippen LogP contribution is -2.53. The van der Waals surface area contributed by atoms with Crippen molar-refractivity contribution < 1.29 is 19.8 Å². The van der Waals surface area contributed by atoms with Crippen LogP contribution < -0.4 is 0 Å². The van der Waals surface area contributed by atoms with Crippen LogP contribution in [-0.4, -0.2) is 77.0 Å². The van der Waals surface area contributed by atoms with E-state index in [-0.39, 0.29) is 29.9 Å². The lowest BCUT2D eigenvalue weighted by molar-refractivity contribution is -0.146. The summed E-state index contributed by atoms with van der Waals surface area (Å²) in [4.78, 5) is 29.1. The summed E-state index contributed by atoms with van der Waals surface area (Å²) in [5.41, 5.74) is 0.733. The molecule has 0 unspecified atom stereocenters. The molecule has 0 saturated carbocycles. The maximum Gasteiger partial charge on any atom is 0.242 e. The summed E-state index contributed by atoms with van der Waals surface area (Å²) in [6.45, 7) is 1.68. The Morgan fingerprint density at radius 2 is 1.95 bits per heavy atom. The van der Waals surface area contributed by atoms with E-state index in [0.717, 1.165) is 5.56 Å². The number of benzene rings is 1. The first-order valence-corrected chi connectivity index (χ1v) is 7.08. The minimum absolute atomic E-state index is 0.0553. The smallest absolute Gasteiger partial charge is 0.242 e. The molecule has 1 heterocycles. The van der Waals surface area contributed by atoms with Crippen LogP contribution in [0.1, 0.15) is 5.56 Å². The normalized spacial score (nSPS) is 15.5. The van der Waals surface area contributed by atoms with Crippen LogP contribution in [0.25, 0.3) is 0 Å². The van der Waals surface area contributed by atoms with Crippen molar-refractivity contribution in [1.29, 1.82) is 0 Å². The van der Waals surface area contributed by atoms with E-state index < -0.39 is 0 Å². The molecule has 120 valence electrons. The fraction of sp³-hybridized carbons (Fsp3) is 0.467. The highest BCUT2D eigenvalue weighted by Gasteiger charge is 2.27. The van der Waals surface area contributed by atoms with Gasteiger partial charge in [0.05, 0.1) is 13.1 Å². The fourth-order valence-electron chi connectivity index (χ4n) is 2.35. The molecule has 7 heteroatoms. The molecule has 2 amide bonds. The fourth-order valence-corrected chi connectivity index (χ4v) is 2.35. The summed E-state index contributed by atoms with van der Waals surface area (Å²) in [6.07, 6.45) is 0. The van der Waals surface area contributed by atoms with Crippen molar-refractivity contribution >= 4 is 11.8 Å². The summed E-state index contributed by atoms with van der Waals surface area (Å²) in [5, 5.41) is 18.8. The van der Waals surface area contributed by atoms with Crippen molar-refractivity contribution in [3.05, 3.63) is 23.8 Å². The van der Waals surface area contributed by atoms with Crippen LogP contribution in [0.3, 0.4) is 0 Å². The molecule has 0 aliphatic carbocycles. The van der Waals surface area contributed by atoms with E-state index in [0.29, 0.717) is 26.2 Å². The number of aromatic hydroxyl groups is 2. The SMILES string of the molecule is CN(C)CC(=O)N1CCN(Cc2ccc(O)c(O)c2)C(=O)C1. The van der Waals surface area contributed by atoms with Crippen LogP contribution in [0.4, 0.5) is 0 Å². The van der Waals surface area contributed by atoms with Gasteiger partial charge in [0.15, 0.2) is 11.5 Å². The van der Waals surface area contributed by atoms with Crippen LogP contribution in [0.2, 0.25) is 0 Å². The quantitative estimate of drug-likeness (QED) is 0.755. The summed E-state index contributed by atoms with van der Waals surface area (Å²) in [6, 6.07) is 4.49. The Balaban J connectivity index is 1.94. The summed E-state index contributed by atoms with van der Waals surface area (Å²) in [5.74, 6) is -0.565. The van der Waals surface area contributed by atoms with Crippen LogP contribution in [-0.2, 0) is 16.1 Å². The summed E-state index contributed by atoms with van der Waals surface area (Å²) < 4.78 is 0. The first kappa shape index (κ1) is 16.1. The molecular weight excluding hydrogens is 286 g/mol. The van der Waals surface area contributed by atoms with E-state index >= 15 is 0 Å². The van der Waals surface area contributed by atoms with Gasteiger partial charge >= 0.3 is 0 Å². The van der Waals surface area contributed by atoms with Gasteiger partial charge in [0, 0.05) is 19.6 Å². The second-order valence-corrected chi connectivity index (χ2v) is 5.69. The Hall–Kier alpha value is -2.28. The zero-order valence-corrected chi connectivity index (χ0v) is 12.8. The topological polar surface area (TPSA) is 84.3 Å². The molecule has 2 N–H and O–H groups in total. The third-order valence-electron chi connectivity index (χ3n) is 3.54. The molecule has 1 aliphatic rings. The average Bonchev–Trinajstić information content (AvgIpc) is 2.44. The van der Waals surface area contributed by atoms with Crippen molar-refractivity contribution in [1.82, 2.24) is 14.7 Å². The molecule has 0 atom stereocenters. The number of amides is 2. The second kappa shape index (κ2) is 6.65. The lowest BCUT2D eigenvalue weighted by Gasteiger charge is -2.35. The van der Waals surface area contributed by atoms with Crippen LogP contribution in [0, 0.1) is 0 Å². The molecule has 7 nitrogen and oxygen atoms in total. The summed E-state index contributed by atoms with van der Waals surface area (Å²) >= 11 is 0. The van der Waals surface area contributed by atoms with Crippen LogP contribution in [0.5, 0.6) is 11.5 Å². The molecule has 0 aromatic heterocycles. The van der Waals surface area contributed by atoms with Gasteiger partial charge in [-0.05, 0) is 31.8 Å². The number of hydrogen-bond donors (Lipinski definition) is 2. The molecule has 1 aromatic carbocycles. The van der Waals surface area contributed by atoms with E-state index in [4.69, 9.17) is 0 Å². The highest BCUT2D eigenvalue weighted by atomic mass is 16.3. The molecule has 2 rings (SSSR count). The van der Waals surface area contributed by atoms with Crippen molar-refractivity contribution in [3.63, 3.8) is 0 Å². The third kappa shape index (κ3) is 3.88. The maximum absolute atomic E-state index is 12.2. The van der Waals surface area contributed by atoms with E-state index in [1.54, 1.807) is 20.8 Å². The van der Waals surface area contributed by atoms with Gasteiger partial charge in [-0.2, -0.15) is 0 Å². The van der Waals surface area contributed by atoms with Crippen LogP contribution >= 0.6 is 0 Å². The highest BCUT2D eigenvalue weighted by molar-refractivity contribution is 5.86. The molecule has 1 aliphatic heterocycles. The number of phenols is 2. The number of hydrogen-bond acceptors (Lipinski definition) is 5. The maximum atomic E-state index is 12.2. The number of likely N-dealkylation sites (N-methyl/N-ethyl adjacent to an activating group) is 1. The molecular formula is C15H21N3O4. The Labute approximate surface area is 129 Å². The van der Waals surface area contributed by atoms with Crippen molar-refractivity contribution in [2.75, 3.05) is 40.3 Å². The van der Waals surface area contributed by atoms with Gasteiger partial charge in [-0.15, -0.1) is 0 Å². The van der Waals surface area contributed by atoms with Gasteiger partial charge in [-0.3, -0.25) is 9.59 Å². The first-order valence-electron chi connectivity index (χ1n) is 7.08. The standard InChI is InChI=1S/C15H21N3O4/c1-16(2)9-14(21)18-6-5-17(15(22)10-18)8-11-3-4-12(19)13(20)7-11/h3-4,7,19-20H,5-6,8-10H2,1-2H3. The van der Waals surface area contributed by atoms with Gasteiger partial charge in [0.25, 0.3) is 0 Å². The van der Waals surface area contributed by atoms with E-state index in [1.165, 1.54) is 12.1 Å². The predicted molar refractivity (Wildman–Crippen MR) is 80.3 cm³/mol. The van der Waals surface area contributed by atoms with Gasteiger partial charge in [-0.1, -0.05) is 6.07 Å². The largest absolute Gasteiger partial charge is 0.504 e. The Morgan fingerprint density at radius 3 is 2.55 bits per heavy atom.